The van der Waals surface area contributed by atoms with Gasteiger partial charge < -0.3 is 21.2 Å². The molecule has 8 heavy (non-hydrogen) atoms. The Morgan fingerprint density at radius 2 is 2.25 bits per heavy atom. The molecule has 0 aromatic rings. The van der Waals surface area contributed by atoms with E-state index in [9.17, 15) is 0 Å². The van der Waals surface area contributed by atoms with E-state index in [2.05, 4.69) is 0 Å². The highest BCUT2D eigenvalue weighted by Gasteiger charge is 2.16. The van der Waals surface area contributed by atoms with Gasteiger partial charge in [0.25, 0.3) is 0 Å². The molecule has 4 nitrogen and oxygen atoms in total. The van der Waals surface area contributed by atoms with Crippen LogP contribution in [0.2, 0.25) is 0 Å². The quantitative estimate of drug-likeness (QED) is 0.263. The predicted octanol–water partition coefficient (Wildman–Crippen LogP) is -1.63. The van der Waals surface area contributed by atoms with Gasteiger partial charge in [-0.3, -0.25) is 0 Å². The second kappa shape index (κ2) is 3.60. The van der Waals surface area contributed by atoms with Gasteiger partial charge in [-0.2, -0.15) is 0 Å². The molecule has 0 radical (unpaired) electrons. The highest BCUT2D eigenvalue weighted by atomic mass is 16.4. The molecule has 0 saturated heterocycles. The topological polar surface area (TPSA) is 90.3 Å². The van der Waals surface area contributed by atoms with E-state index >= 15 is 0 Å². The van der Waals surface area contributed by atoms with Gasteiger partial charge in [0.1, 0.15) is 0 Å². The highest BCUT2D eigenvalue weighted by molar-refractivity contribution is 6.43. The van der Waals surface area contributed by atoms with Crippen molar-refractivity contribution in [2.75, 3.05) is 0 Å². The van der Waals surface area contributed by atoms with Crippen molar-refractivity contribution in [3.8, 4) is 0 Å². The summed E-state index contributed by atoms with van der Waals surface area (Å²) in [6.45, 7) is 0. The Balaban J connectivity index is 3.30. The number of nitrogens with one attached hydrogen (secondary N) is 1. The molecule has 0 aromatic carbocycles. The molecule has 1 atom stereocenters. The third-order valence-corrected chi connectivity index (χ3v) is 0.773. The first-order valence-corrected chi connectivity index (χ1v) is 2.29. The zero-order chi connectivity index (χ0) is 6.57. The third kappa shape index (κ3) is 2.73. The van der Waals surface area contributed by atoms with Crippen molar-refractivity contribution in [1.82, 2.24) is 0 Å². The van der Waals surface area contributed by atoms with Crippen LogP contribution in [-0.2, 0) is 0 Å². The highest BCUT2D eigenvalue weighted by Crippen LogP contribution is 1.83. The van der Waals surface area contributed by atoms with Crippen LogP contribution in [0, 0.1) is 5.41 Å². The predicted molar refractivity (Wildman–Crippen MR) is 31.6 cm³/mol. The molecule has 0 rings (SSSR count). The molecule has 0 aromatic heterocycles. The summed E-state index contributed by atoms with van der Waals surface area (Å²) >= 11 is 0. The third-order valence-electron chi connectivity index (χ3n) is 0.773. The molecule has 0 aliphatic heterocycles. The Kier molecular flexibility index (Phi) is 3.42. The Morgan fingerprint density at radius 1 is 1.75 bits per heavy atom. The summed E-state index contributed by atoms with van der Waals surface area (Å²) in [5.41, 5.74) is 5.08. The standard InChI is InChI=1S/C3H9BN2O2/c5-2-1-3(6)4(7)8/h2-3,5,7-8H,1,6H2. The van der Waals surface area contributed by atoms with E-state index in [1.165, 1.54) is 0 Å². The van der Waals surface area contributed by atoms with E-state index in [-0.39, 0.29) is 6.42 Å². The monoisotopic (exact) mass is 116 g/mol. The summed E-state index contributed by atoms with van der Waals surface area (Å²) in [6, 6.07) is 0. The Bertz CT molecular complexity index is 77.7. The van der Waals surface area contributed by atoms with Gasteiger partial charge in [0.05, 0.1) is 0 Å². The number of hydrogen-bond acceptors (Lipinski definition) is 4. The fraction of sp³-hybridized carbons (Fsp3) is 0.667. The summed E-state index contributed by atoms with van der Waals surface area (Å²) < 4.78 is 0. The normalized spacial score (nSPS) is 12.9. The van der Waals surface area contributed by atoms with Gasteiger partial charge in [-0.1, -0.05) is 0 Å². The lowest BCUT2D eigenvalue weighted by molar-refractivity contribution is 0.389. The number of nitrogens with two attached hydrogens (primary N) is 1. The van der Waals surface area contributed by atoms with Crippen LogP contribution in [0.15, 0.2) is 0 Å². The summed E-state index contributed by atoms with van der Waals surface area (Å²) in [4.78, 5) is 0. The van der Waals surface area contributed by atoms with E-state index in [1.807, 2.05) is 0 Å². The molecule has 46 valence electrons. The van der Waals surface area contributed by atoms with Gasteiger partial charge in [0, 0.05) is 5.94 Å². The maximum absolute atomic E-state index is 8.28. The van der Waals surface area contributed by atoms with Crippen molar-refractivity contribution >= 4 is 13.3 Å². The smallest absolute Gasteiger partial charge is 0.426 e. The Hall–Kier alpha value is -0.385. The summed E-state index contributed by atoms with van der Waals surface area (Å²) in [5, 5.41) is 23.1. The maximum Gasteiger partial charge on any atom is 0.469 e. The van der Waals surface area contributed by atoms with Crippen molar-refractivity contribution in [2.24, 2.45) is 5.73 Å². The molecular formula is C3H9BN2O2. The zero-order valence-corrected chi connectivity index (χ0v) is 4.41. The van der Waals surface area contributed by atoms with E-state index in [0.717, 1.165) is 6.21 Å². The average Bonchev–Trinajstić information content (AvgIpc) is 1.67. The van der Waals surface area contributed by atoms with Crippen LogP contribution in [0.25, 0.3) is 0 Å². The number of rotatable bonds is 3. The lowest BCUT2D eigenvalue weighted by Crippen LogP contribution is -2.39. The minimum absolute atomic E-state index is 0.206. The average molecular weight is 116 g/mol. The van der Waals surface area contributed by atoms with Crippen LogP contribution >= 0.6 is 0 Å². The maximum atomic E-state index is 8.28. The van der Waals surface area contributed by atoms with Crippen LogP contribution in [0.3, 0.4) is 0 Å². The first kappa shape index (κ1) is 7.61. The van der Waals surface area contributed by atoms with Crippen LogP contribution in [0.5, 0.6) is 0 Å². The minimum Gasteiger partial charge on any atom is -0.426 e. The Labute approximate surface area is 48.0 Å². The molecule has 5 N–H and O–H groups in total. The van der Waals surface area contributed by atoms with E-state index < -0.39 is 13.1 Å². The van der Waals surface area contributed by atoms with Crippen molar-refractivity contribution < 1.29 is 10.0 Å². The summed E-state index contributed by atoms with van der Waals surface area (Å²) in [7, 11) is -1.50. The summed E-state index contributed by atoms with van der Waals surface area (Å²) in [5.74, 6) is -0.715. The van der Waals surface area contributed by atoms with E-state index in [0.29, 0.717) is 0 Å². The van der Waals surface area contributed by atoms with E-state index in [4.69, 9.17) is 21.2 Å². The molecule has 0 amide bonds. The minimum atomic E-state index is -1.50. The van der Waals surface area contributed by atoms with Gasteiger partial charge in [-0.15, -0.1) is 0 Å². The summed E-state index contributed by atoms with van der Waals surface area (Å²) in [6.07, 6.45) is 1.25. The second-order valence-electron chi connectivity index (χ2n) is 1.52. The van der Waals surface area contributed by atoms with Crippen molar-refractivity contribution in [1.29, 1.82) is 5.41 Å². The molecule has 0 heterocycles. The van der Waals surface area contributed by atoms with E-state index in [1.54, 1.807) is 0 Å². The SMILES string of the molecule is N=CCC(N)B(O)O. The molecule has 0 fully saturated rings. The van der Waals surface area contributed by atoms with Crippen molar-refractivity contribution in [3.63, 3.8) is 0 Å². The molecule has 0 aliphatic carbocycles. The van der Waals surface area contributed by atoms with Gasteiger partial charge in [0.2, 0.25) is 0 Å². The molecular weight excluding hydrogens is 107 g/mol. The van der Waals surface area contributed by atoms with Crippen molar-refractivity contribution in [3.05, 3.63) is 0 Å². The molecule has 5 heteroatoms. The molecule has 0 saturated carbocycles. The fourth-order valence-corrected chi connectivity index (χ4v) is 0.258. The first-order chi connectivity index (χ1) is 3.68. The Morgan fingerprint density at radius 3 is 2.38 bits per heavy atom. The fourth-order valence-electron chi connectivity index (χ4n) is 0.258. The molecule has 0 bridgehead atoms. The molecule has 0 spiro atoms. The van der Waals surface area contributed by atoms with Gasteiger partial charge in [-0.25, -0.2) is 0 Å². The van der Waals surface area contributed by atoms with Crippen LogP contribution in [0.4, 0.5) is 0 Å². The van der Waals surface area contributed by atoms with Crippen LogP contribution in [-0.4, -0.2) is 29.3 Å². The van der Waals surface area contributed by atoms with Crippen LogP contribution in [0.1, 0.15) is 6.42 Å². The lowest BCUT2D eigenvalue weighted by Gasteiger charge is -2.03. The number of hydrogen-bond donors (Lipinski definition) is 4. The largest absolute Gasteiger partial charge is 0.469 e. The lowest BCUT2D eigenvalue weighted by atomic mass is 9.79. The molecule has 0 aliphatic rings. The van der Waals surface area contributed by atoms with Gasteiger partial charge in [-0.05, 0) is 12.6 Å². The zero-order valence-electron chi connectivity index (χ0n) is 4.41. The van der Waals surface area contributed by atoms with Crippen molar-refractivity contribution in [2.45, 2.75) is 12.4 Å². The first-order valence-electron chi connectivity index (χ1n) is 2.29. The van der Waals surface area contributed by atoms with Gasteiger partial charge in [0.15, 0.2) is 0 Å². The second-order valence-corrected chi connectivity index (χ2v) is 1.52. The van der Waals surface area contributed by atoms with Gasteiger partial charge >= 0.3 is 7.12 Å². The van der Waals surface area contributed by atoms with Crippen LogP contribution < -0.4 is 5.73 Å². The molecule has 1 unspecified atom stereocenters.